The third-order valence-electron chi connectivity index (χ3n) is 3.46. The average molecular weight is 345 g/mol. The number of ether oxygens (including phenoxy) is 2. The van der Waals surface area contributed by atoms with Crippen LogP contribution in [-0.4, -0.2) is 47.4 Å². The van der Waals surface area contributed by atoms with E-state index in [9.17, 15) is 14.4 Å². The van der Waals surface area contributed by atoms with Crippen molar-refractivity contribution >= 4 is 17.8 Å². The Morgan fingerprint density at radius 2 is 1.72 bits per heavy atom. The number of hydrogen-bond donors (Lipinski definition) is 1. The number of amides is 1. The lowest BCUT2D eigenvalue weighted by atomic mass is 10.1. The maximum absolute atomic E-state index is 12.7. The summed E-state index contributed by atoms with van der Waals surface area (Å²) in [7, 11) is 2.46. The number of aromatic nitrogens is 2. The van der Waals surface area contributed by atoms with Crippen LogP contribution in [0.2, 0.25) is 0 Å². The molecule has 0 aliphatic heterocycles. The van der Waals surface area contributed by atoms with Crippen molar-refractivity contribution in [1.82, 2.24) is 15.1 Å². The van der Waals surface area contributed by atoms with Crippen molar-refractivity contribution < 1.29 is 23.9 Å². The van der Waals surface area contributed by atoms with E-state index < -0.39 is 23.4 Å². The number of hydrogen-bond acceptors (Lipinski definition) is 6. The Hall–Kier alpha value is -3.16. The average Bonchev–Trinajstić information content (AvgIpc) is 3.06. The molecule has 0 unspecified atom stereocenters. The fourth-order valence-corrected chi connectivity index (χ4v) is 2.17. The normalized spacial score (nSPS) is 10.9. The molecule has 8 nitrogen and oxygen atoms in total. The van der Waals surface area contributed by atoms with Gasteiger partial charge in [-0.2, -0.15) is 5.10 Å². The highest BCUT2D eigenvalue weighted by Gasteiger charge is 2.32. The number of rotatable bonds is 5. The van der Waals surface area contributed by atoms with Gasteiger partial charge in [-0.15, -0.1) is 0 Å². The van der Waals surface area contributed by atoms with Crippen molar-refractivity contribution in [3.05, 3.63) is 47.8 Å². The van der Waals surface area contributed by atoms with Gasteiger partial charge in [0, 0.05) is 6.07 Å². The van der Waals surface area contributed by atoms with Gasteiger partial charge in [0.05, 0.1) is 19.9 Å². The SMILES string of the molecule is COC(=O)c1cc(C(=O)NC(C)(C)C(=O)OC)n(-c2ccccc2)n1. The first-order chi connectivity index (χ1) is 11.8. The highest BCUT2D eigenvalue weighted by Crippen LogP contribution is 2.15. The summed E-state index contributed by atoms with van der Waals surface area (Å²) in [5.74, 6) is -1.85. The van der Waals surface area contributed by atoms with Crippen LogP contribution < -0.4 is 5.32 Å². The summed E-state index contributed by atoms with van der Waals surface area (Å²) in [6, 6.07) is 10.1. The van der Waals surface area contributed by atoms with E-state index >= 15 is 0 Å². The molecule has 2 aromatic rings. The quantitative estimate of drug-likeness (QED) is 0.821. The van der Waals surface area contributed by atoms with Crippen LogP contribution in [-0.2, 0) is 14.3 Å². The van der Waals surface area contributed by atoms with Gasteiger partial charge in [-0.3, -0.25) is 4.79 Å². The molecule has 1 aromatic carbocycles. The third-order valence-corrected chi connectivity index (χ3v) is 3.46. The van der Waals surface area contributed by atoms with Crippen LogP contribution in [0.15, 0.2) is 36.4 Å². The summed E-state index contributed by atoms with van der Waals surface area (Å²) in [5.41, 5.74) is -0.599. The minimum Gasteiger partial charge on any atom is -0.467 e. The summed E-state index contributed by atoms with van der Waals surface area (Å²) in [6.07, 6.45) is 0. The molecule has 25 heavy (non-hydrogen) atoms. The fraction of sp³-hybridized carbons (Fsp3) is 0.294. The van der Waals surface area contributed by atoms with Gasteiger partial charge >= 0.3 is 11.9 Å². The van der Waals surface area contributed by atoms with Crippen LogP contribution in [0.3, 0.4) is 0 Å². The van der Waals surface area contributed by atoms with E-state index in [2.05, 4.69) is 19.9 Å². The zero-order valence-electron chi connectivity index (χ0n) is 14.4. The standard InChI is InChI=1S/C17H19N3O5/c1-17(2,16(23)25-4)18-14(21)13-10-12(15(22)24-3)19-20(13)11-8-6-5-7-9-11/h5-10H,1-4H3,(H,18,21). The van der Waals surface area contributed by atoms with Crippen LogP contribution in [0.1, 0.15) is 34.8 Å². The molecule has 0 fully saturated rings. The molecule has 0 aliphatic carbocycles. The van der Waals surface area contributed by atoms with Gasteiger partial charge in [0.2, 0.25) is 0 Å². The lowest BCUT2D eigenvalue weighted by Gasteiger charge is -2.23. The summed E-state index contributed by atoms with van der Waals surface area (Å²) in [6.45, 7) is 3.03. The molecule has 0 bridgehead atoms. The second kappa shape index (κ2) is 7.16. The number of carbonyl (C=O) groups is 3. The predicted octanol–water partition coefficient (Wildman–Crippen LogP) is 1.34. The Morgan fingerprint density at radius 1 is 1.08 bits per heavy atom. The van der Waals surface area contributed by atoms with Gasteiger partial charge < -0.3 is 14.8 Å². The Balaban J connectivity index is 2.45. The number of methoxy groups -OCH3 is 2. The third kappa shape index (κ3) is 3.85. The van der Waals surface area contributed by atoms with Crippen molar-refractivity contribution in [3.63, 3.8) is 0 Å². The summed E-state index contributed by atoms with van der Waals surface area (Å²) >= 11 is 0. The molecule has 0 aliphatic rings. The molecule has 1 N–H and O–H groups in total. The zero-order chi connectivity index (χ0) is 18.6. The van der Waals surface area contributed by atoms with Crippen LogP contribution in [0.25, 0.3) is 5.69 Å². The molecule has 2 rings (SSSR count). The number of carbonyl (C=O) groups excluding carboxylic acids is 3. The van der Waals surface area contributed by atoms with Crippen LogP contribution >= 0.6 is 0 Å². The molecule has 8 heteroatoms. The largest absolute Gasteiger partial charge is 0.467 e. The van der Waals surface area contributed by atoms with E-state index in [4.69, 9.17) is 0 Å². The van der Waals surface area contributed by atoms with E-state index in [1.807, 2.05) is 6.07 Å². The number of para-hydroxylation sites is 1. The smallest absolute Gasteiger partial charge is 0.358 e. The molecular formula is C17H19N3O5. The van der Waals surface area contributed by atoms with Gasteiger partial charge in [0.25, 0.3) is 5.91 Å². The first-order valence-corrected chi connectivity index (χ1v) is 7.45. The first-order valence-electron chi connectivity index (χ1n) is 7.45. The van der Waals surface area contributed by atoms with E-state index in [1.165, 1.54) is 38.8 Å². The Bertz CT molecular complexity index is 796. The molecule has 0 saturated carbocycles. The fourth-order valence-electron chi connectivity index (χ4n) is 2.17. The van der Waals surface area contributed by atoms with Gasteiger partial charge in [0.1, 0.15) is 11.2 Å². The Kier molecular flexibility index (Phi) is 5.21. The van der Waals surface area contributed by atoms with E-state index in [0.717, 1.165) is 0 Å². The topological polar surface area (TPSA) is 99.5 Å². The van der Waals surface area contributed by atoms with Crippen LogP contribution in [0.5, 0.6) is 0 Å². The number of nitrogens with one attached hydrogen (secondary N) is 1. The van der Waals surface area contributed by atoms with E-state index in [1.54, 1.807) is 24.3 Å². The zero-order valence-corrected chi connectivity index (χ0v) is 14.4. The maximum Gasteiger partial charge on any atom is 0.358 e. The second-order valence-corrected chi connectivity index (χ2v) is 5.72. The molecule has 1 amide bonds. The van der Waals surface area contributed by atoms with Gasteiger partial charge in [-0.1, -0.05) is 18.2 Å². The van der Waals surface area contributed by atoms with E-state index in [0.29, 0.717) is 5.69 Å². The Labute approximate surface area is 144 Å². The first kappa shape index (κ1) is 18.2. The van der Waals surface area contributed by atoms with Gasteiger partial charge in [0.15, 0.2) is 5.69 Å². The number of benzene rings is 1. The molecule has 0 spiro atoms. The Morgan fingerprint density at radius 3 is 2.28 bits per heavy atom. The van der Waals surface area contributed by atoms with Gasteiger partial charge in [-0.25, -0.2) is 14.3 Å². The number of esters is 2. The van der Waals surface area contributed by atoms with Crippen molar-refractivity contribution in [2.75, 3.05) is 14.2 Å². The van der Waals surface area contributed by atoms with Crippen LogP contribution in [0, 0.1) is 0 Å². The molecule has 1 heterocycles. The van der Waals surface area contributed by atoms with Crippen molar-refractivity contribution in [3.8, 4) is 5.69 Å². The van der Waals surface area contributed by atoms with Crippen molar-refractivity contribution in [1.29, 1.82) is 0 Å². The minimum absolute atomic E-state index is 0.0209. The molecule has 1 aromatic heterocycles. The minimum atomic E-state index is -1.25. The summed E-state index contributed by atoms with van der Waals surface area (Å²) in [5, 5.41) is 6.71. The summed E-state index contributed by atoms with van der Waals surface area (Å²) < 4.78 is 10.6. The molecule has 0 saturated heterocycles. The molecular weight excluding hydrogens is 326 g/mol. The molecule has 132 valence electrons. The lowest BCUT2D eigenvalue weighted by Crippen LogP contribution is -2.50. The van der Waals surface area contributed by atoms with Crippen LogP contribution in [0.4, 0.5) is 0 Å². The van der Waals surface area contributed by atoms with Gasteiger partial charge in [-0.05, 0) is 26.0 Å². The lowest BCUT2D eigenvalue weighted by molar-refractivity contribution is -0.146. The molecule has 0 atom stereocenters. The highest BCUT2D eigenvalue weighted by molar-refractivity contribution is 5.99. The second-order valence-electron chi connectivity index (χ2n) is 5.72. The van der Waals surface area contributed by atoms with E-state index in [-0.39, 0.29) is 11.4 Å². The summed E-state index contributed by atoms with van der Waals surface area (Å²) in [4.78, 5) is 36.2. The number of nitrogens with zero attached hydrogens (tertiary/aromatic N) is 2. The highest BCUT2D eigenvalue weighted by atomic mass is 16.5. The monoisotopic (exact) mass is 345 g/mol. The van der Waals surface area contributed by atoms with Crippen molar-refractivity contribution in [2.45, 2.75) is 19.4 Å². The molecule has 0 radical (unpaired) electrons. The maximum atomic E-state index is 12.7. The predicted molar refractivity (Wildman–Crippen MR) is 88.5 cm³/mol. The van der Waals surface area contributed by atoms with Crippen molar-refractivity contribution in [2.24, 2.45) is 0 Å².